The van der Waals surface area contributed by atoms with E-state index in [-0.39, 0.29) is 5.91 Å². The lowest BCUT2D eigenvalue weighted by Crippen LogP contribution is -2.27. The number of hydrogen-bond acceptors (Lipinski definition) is 3. The number of hydrogen-bond donors (Lipinski definition) is 0. The van der Waals surface area contributed by atoms with Gasteiger partial charge in [-0.2, -0.15) is 0 Å². The average molecular weight is 262 g/mol. The van der Waals surface area contributed by atoms with Gasteiger partial charge in [-0.3, -0.25) is 4.79 Å². The van der Waals surface area contributed by atoms with Gasteiger partial charge in [-0.1, -0.05) is 0 Å². The number of carbonyl (C=O) groups excluding carboxylic acids is 1. The van der Waals surface area contributed by atoms with Crippen LogP contribution < -0.4 is 0 Å². The van der Waals surface area contributed by atoms with E-state index in [0.717, 1.165) is 18.2 Å². The third kappa shape index (κ3) is 1.91. The fourth-order valence-electron chi connectivity index (χ4n) is 1.16. The van der Waals surface area contributed by atoms with Crippen LogP contribution in [0.1, 0.15) is 10.6 Å². The van der Waals surface area contributed by atoms with Crippen molar-refractivity contribution in [2.24, 2.45) is 0 Å². The van der Waals surface area contributed by atoms with Crippen molar-refractivity contribution in [2.75, 3.05) is 18.2 Å². The molecule has 0 atom stereocenters. The summed E-state index contributed by atoms with van der Waals surface area (Å²) in [4.78, 5) is 13.4. The fraction of sp³-hybridized carbons (Fsp3) is 0.375. The molecular weight excluding hydrogens is 254 g/mol. The Hall–Kier alpha value is -0.420. The number of rotatable bonds is 1. The second kappa shape index (κ2) is 3.75. The normalized spacial score (nSPS) is 16.5. The van der Waals surface area contributed by atoms with Crippen molar-refractivity contribution < 1.29 is 9.21 Å². The van der Waals surface area contributed by atoms with E-state index in [1.165, 1.54) is 0 Å². The maximum atomic E-state index is 11.7. The van der Waals surface area contributed by atoms with E-state index in [0.29, 0.717) is 10.4 Å². The predicted octanol–water partition coefficient (Wildman–Crippen LogP) is 2.19. The summed E-state index contributed by atoms with van der Waals surface area (Å²) in [5.41, 5.74) is 0. The number of halogens is 1. The topological polar surface area (TPSA) is 33.5 Å². The highest BCUT2D eigenvalue weighted by molar-refractivity contribution is 9.10. The summed E-state index contributed by atoms with van der Waals surface area (Å²) in [5, 5.41) is 0. The smallest absolute Gasteiger partial charge is 0.290 e. The molecule has 0 bridgehead atoms. The van der Waals surface area contributed by atoms with Gasteiger partial charge in [0.05, 0.1) is 5.88 Å². The summed E-state index contributed by atoms with van der Waals surface area (Å²) < 4.78 is 5.77. The predicted molar refractivity (Wildman–Crippen MR) is 54.8 cm³/mol. The average Bonchev–Trinajstić information content (AvgIpc) is 2.72. The highest BCUT2D eigenvalue weighted by Crippen LogP contribution is 2.19. The van der Waals surface area contributed by atoms with Crippen LogP contribution in [0, 0.1) is 0 Å². The number of nitrogens with zero attached hydrogens (tertiary/aromatic N) is 1. The molecule has 1 saturated heterocycles. The molecule has 0 radical (unpaired) electrons. The molecule has 1 aromatic heterocycles. The second-order valence-corrected chi connectivity index (χ2v) is 4.57. The van der Waals surface area contributed by atoms with Gasteiger partial charge in [0, 0.05) is 12.3 Å². The van der Waals surface area contributed by atoms with Gasteiger partial charge in [0.25, 0.3) is 5.91 Å². The summed E-state index contributed by atoms with van der Waals surface area (Å²) in [7, 11) is 0. The molecule has 1 aliphatic rings. The molecule has 5 heteroatoms. The molecule has 1 fully saturated rings. The lowest BCUT2D eigenvalue weighted by Gasteiger charge is -2.11. The maximum Gasteiger partial charge on any atom is 0.290 e. The Labute approximate surface area is 88.6 Å². The first kappa shape index (κ1) is 9.15. The zero-order chi connectivity index (χ0) is 9.26. The van der Waals surface area contributed by atoms with Gasteiger partial charge in [-0.25, -0.2) is 0 Å². The molecule has 1 amide bonds. The van der Waals surface area contributed by atoms with Gasteiger partial charge < -0.3 is 9.32 Å². The molecule has 0 aliphatic carbocycles. The molecule has 0 saturated carbocycles. The molecule has 2 heterocycles. The van der Waals surface area contributed by atoms with Crippen molar-refractivity contribution in [3.05, 3.63) is 22.6 Å². The van der Waals surface area contributed by atoms with E-state index >= 15 is 0 Å². The summed E-state index contributed by atoms with van der Waals surface area (Å²) in [6.45, 7) is 0.821. The molecule has 0 unspecified atom stereocenters. The number of carbonyl (C=O) groups is 1. The van der Waals surface area contributed by atoms with Crippen LogP contribution in [-0.4, -0.2) is 29.0 Å². The third-order valence-electron chi connectivity index (χ3n) is 1.82. The summed E-state index contributed by atoms with van der Waals surface area (Å²) in [6.07, 6.45) is 0. The van der Waals surface area contributed by atoms with Gasteiger partial charge in [0.15, 0.2) is 10.4 Å². The fourth-order valence-corrected chi connectivity index (χ4v) is 2.41. The quantitative estimate of drug-likeness (QED) is 0.777. The molecule has 3 nitrogen and oxygen atoms in total. The summed E-state index contributed by atoms with van der Waals surface area (Å²) in [6, 6.07) is 3.42. The molecular formula is C8H8BrNO2S. The Morgan fingerprint density at radius 3 is 3.00 bits per heavy atom. The first-order valence-corrected chi connectivity index (χ1v) is 5.84. The first-order valence-electron chi connectivity index (χ1n) is 3.90. The van der Waals surface area contributed by atoms with Crippen LogP contribution in [0.15, 0.2) is 21.2 Å². The standard InChI is InChI=1S/C8H8BrNO2S/c9-7-2-1-6(12-7)8(11)10-3-4-13-5-10/h1-2H,3-5H2. The van der Waals surface area contributed by atoms with Crippen molar-refractivity contribution in [2.45, 2.75) is 0 Å². The molecule has 0 aromatic carbocycles. The Morgan fingerprint density at radius 1 is 1.62 bits per heavy atom. The monoisotopic (exact) mass is 261 g/mol. The molecule has 70 valence electrons. The van der Waals surface area contributed by atoms with Crippen LogP contribution >= 0.6 is 27.7 Å². The number of amides is 1. The Morgan fingerprint density at radius 2 is 2.46 bits per heavy atom. The van der Waals surface area contributed by atoms with E-state index in [1.807, 2.05) is 0 Å². The van der Waals surface area contributed by atoms with Crippen LogP contribution in [-0.2, 0) is 0 Å². The van der Waals surface area contributed by atoms with Crippen molar-refractivity contribution >= 4 is 33.6 Å². The molecule has 0 N–H and O–H groups in total. The van der Waals surface area contributed by atoms with Gasteiger partial charge in [0.2, 0.25) is 0 Å². The lowest BCUT2D eigenvalue weighted by atomic mass is 10.4. The third-order valence-corrected chi connectivity index (χ3v) is 3.22. The Bertz CT molecular complexity index is 320. The van der Waals surface area contributed by atoms with Gasteiger partial charge in [-0.05, 0) is 28.1 Å². The van der Waals surface area contributed by atoms with E-state index in [4.69, 9.17) is 4.42 Å². The molecule has 0 spiro atoms. The minimum atomic E-state index is -0.0179. The summed E-state index contributed by atoms with van der Waals surface area (Å²) >= 11 is 4.93. The molecule has 1 aliphatic heterocycles. The van der Waals surface area contributed by atoms with E-state index in [1.54, 1.807) is 28.8 Å². The lowest BCUT2D eigenvalue weighted by molar-refractivity contribution is 0.0770. The Kier molecular flexibility index (Phi) is 2.64. The molecule has 2 rings (SSSR count). The van der Waals surface area contributed by atoms with Crippen molar-refractivity contribution in [1.29, 1.82) is 0 Å². The van der Waals surface area contributed by atoms with Crippen LogP contribution in [0.25, 0.3) is 0 Å². The molecule has 13 heavy (non-hydrogen) atoms. The zero-order valence-electron chi connectivity index (χ0n) is 6.83. The van der Waals surface area contributed by atoms with Crippen LogP contribution in [0.5, 0.6) is 0 Å². The number of thioether (sulfide) groups is 1. The van der Waals surface area contributed by atoms with E-state index in [9.17, 15) is 4.79 Å². The van der Waals surface area contributed by atoms with Gasteiger partial charge >= 0.3 is 0 Å². The SMILES string of the molecule is O=C(c1ccc(Br)o1)N1CCSC1. The highest BCUT2D eigenvalue weighted by Gasteiger charge is 2.22. The van der Waals surface area contributed by atoms with Gasteiger partial charge in [0.1, 0.15) is 0 Å². The minimum absolute atomic E-state index is 0.0179. The summed E-state index contributed by atoms with van der Waals surface area (Å²) in [5.74, 6) is 2.19. The minimum Gasteiger partial charge on any atom is -0.444 e. The van der Waals surface area contributed by atoms with E-state index in [2.05, 4.69) is 15.9 Å². The number of furan rings is 1. The highest BCUT2D eigenvalue weighted by atomic mass is 79.9. The molecule has 1 aromatic rings. The maximum absolute atomic E-state index is 11.7. The van der Waals surface area contributed by atoms with Crippen molar-refractivity contribution in [3.63, 3.8) is 0 Å². The largest absolute Gasteiger partial charge is 0.444 e. The van der Waals surface area contributed by atoms with Gasteiger partial charge in [-0.15, -0.1) is 11.8 Å². The van der Waals surface area contributed by atoms with E-state index < -0.39 is 0 Å². The van der Waals surface area contributed by atoms with Crippen molar-refractivity contribution in [3.8, 4) is 0 Å². The first-order chi connectivity index (χ1) is 6.27. The Balaban J connectivity index is 2.12. The zero-order valence-corrected chi connectivity index (χ0v) is 9.23. The van der Waals surface area contributed by atoms with Crippen molar-refractivity contribution in [1.82, 2.24) is 4.90 Å². The van der Waals surface area contributed by atoms with Crippen LogP contribution in [0.4, 0.5) is 0 Å². The van der Waals surface area contributed by atoms with Crippen LogP contribution in [0.2, 0.25) is 0 Å². The van der Waals surface area contributed by atoms with Crippen LogP contribution in [0.3, 0.4) is 0 Å². The second-order valence-electron chi connectivity index (χ2n) is 2.71.